The molecule has 8 heteroatoms. The molecule has 0 heterocycles. The van der Waals surface area contributed by atoms with Crippen LogP contribution in [-0.4, -0.2) is 79.7 Å². The largest absolute Gasteiger partial charge is 0.479 e. The summed E-state index contributed by atoms with van der Waals surface area (Å²) in [6.45, 7) is 2.80. The molecule has 1 unspecified atom stereocenters. The van der Waals surface area contributed by atoms with E-state index in [4.69, 9.17) is 9.84 Å². The molecule has 2 amide bonds. The molecule has 0 bridgehead atoms. The lowest BCUT2D eigenvalue weighted by Crippen LogP contribution is -2.49. The standard InChI is InChI=1S/C11H23N3O5/c1-11(18,9(15)16)8-13-10(17)12-4-6-19-7-5-14(2)3/h18H,4-8H2,1-3H3,(H,15,16)(H2,12,13,17). The van der Waals surface area contributed by atoms with E-state index in [0.29, 0.717) is 19.8 Å². The smallest absolute Gasteiger partial charge is 0.337 e. The van der Waals surface area contributed by atoms with E-state index in [2.05, 4.69) is 10.6 Å². The predicted molar refractivity (Wildman–Crippen MR) is 69.0 cm³/mol. The second-order valence-corrected chi connectivity index (χ2v) is 4.60. The van der Waals surface area contributed by atoms with E-state index in [1.165, 1.54) is 0 Å². The number of nitrogens with zero attached hydrogens (tertiary/aromatic N) is 1. The fourth-order valence-corrected chi connectivity index (χ4v) is 0.976. The molecule has 0 rings (SSSR count). The van der Waals surface area contributed by atoms with Crippen molar-refractivity contribution < 1.29 is 24.5 Å². The highest BCUT2D eigenvalue weighted by Crippen LogP contribution is 2.00. The number of aliphatic hydroxyl groups is 1. The summed E-state index contributed by atoms with van der Waals surface area (Å²) < 4.78 is 5.25. The topological polar surface area (TPSA) is 111 Å². The maximum absolute atomic E-state index is 11.3. The molecule has 0 aromatic rings. The molecule has 4 N–H and O–H groups in total. The van der Waals surface area contributed by atoms with Crippen LogP contribution in [0.1, 0.15) is 6.92 Å². The zero-order valence-electron chi connectivity index (χ0n) is 11.6. The third kappa shape index (κ3) is 9.23. The van der Waals surface area contributed by atoms with Gasteiger partial charge in [-0.15, -0.1) is 0 Å². The van der Waals surface area contributed by atoms with Gasteiger partial charge < -0.3 is 30.5 Å². The molecule has 8 nitrogen and oxygen atoms in total. The molecule has 0 aliphatic heterocycles. The zero-order valence-corrected chi connectivity index (χ0v) is 11.6. The van der Waals surface area contributed by atoms with Crippen LogP contribution in [-0.2, 0) is 9.53 Å². The van der Waals surface area contributed by atoms with Crippen LogP contribution in [0.2, 0.25) is 0 Å². The summed E-state index contributed by atoms with van der Waals surface area (Å²) in [7, 11) is 3.87. The summed E-state index contributed by atoms with van der Waals surface area (Å²) >= 11 is 0. The summed E-state index contributed by atoms with van der Waals surface area (Å²) in [5.74, 6) is -1.39. The Morgan fingerprint density at radius 1 is 1.26 bits per heavy atom. The molecule has 0 saturated heterocycles. The van der Waals surface area contributed by atoms with Crippen molar-refractivity contribution in [3.63, 3.8) is 0 Å². The Balaban J connectivity index is 3.58. The number of likely N-dealkylation sites (N-methyl/N-ethyl adjacent to an activating group) is 1. The Hall–Kier alpha value is -1.38. The Bertz CT molecular complexity index is 294. The first-order valence-corrected chi connectivity index (χ1v) is 5.95. The molecule has 0 aliphatic carbocycles. The number of hydrogen-bond acceptors (Lipinski definition) is 5. The SMILES string of the molecule is CN(C)CCOCCNC(=O)NCC(C)(O)C(=O)O. The molecular formula is C11H23N3O5. The molecule has 0 fully saturated rings. The molecule has 19 heavy (non-hydrogen) atoms. The highest BCUT2D eigenvalue weighted by atomic mass is 16.5. The summed E-state index contributed by atoms with van der Waals surface area (Å²) in [5.41, 5.74) is -1.97. The van der Waals surface area contributed by atoms with Crippen LogP contribution in [0.25, 0.3) is 0 Å². The van der Waals surface area contributed by atoms with Crippen molar-refractivity contribution in [2.75, 3.05) is 46.9 Å². The summed E-state index contributed by atoms with van der Waals surface area (Å²) in [5, 5.41) is 22.7. The van der Waals surface area contributed by atoms with Gasteiger partial charge in [-0.1, -0.05) is 0 Å². The average Bonchev–Trinajstić information content (AvgIpc) is 2.30. The minimum absolute atomic E-state index is 0.314. The van der Waals surface area contributed by atoms with Gasteiger partial charge in [-0.25, -0.2) is 9.59 Å². The van der Waals surface area contributed by atoms with Crippen LogP contribution >= 0.6 is 0 Å². The first-order valence-electron chi connectivity index (χ1n) is 5.95. The normalized spacial score (nSPS) is 13.9. The lowest BCUT2D eigenvalue weighted by Gasteiger charge is -2.18. The van der Waals surface area contributed by atoms with Crippen molar-refractivity contribution in [1.29, 1.82) is 0 Å². The van der Waals surface area contributed by atoms with Crippen molar-refractivity contribution in [2.45, 2.75) is 12.5 Å². The molecule has 0 aromatic carbocycles. The highest BCUT2D eigenvalue weighted by molar-refractivity contribution is 5.79. The number of carbonyl (C=O) groups is 2. The predicted octanol–water partition coefficient (Wildman–Crippen LogP) is -1.30. The Morgan fingerprint density at radius 2 is 1.89 bits per heavy atom. The van der Waals surface area contributed by atoms with Gasteiger partial charge >= 0.3 is 12.0 Å². The van der Waals surface area contributed by atoms with E-state index in [1.807, 2.05) is 19.0 Å². The monoisotopic (exact) mass is 277 g/mol. The first kappa shape index (κ1) is 17.6. The fourth-order valence-electron chi connectivity index (χ4n) is 0.976. The van der Waals surface area contributed by atoms with Crippen molar-refractivity contribution in [2.24, 2.45) is 0 Å². The van der Waals surface area contributed by atoms with Crippen molar-refractivity contribution in [3.05, 3.63) is 0 Å². The third-order valence-corrected chi connectivity index (χ3v) is 2.27. The number of ether oxygens (including phenoxy) is 1. The Morgan fingerprint density at radius 3 is 2.42 bits per heavy atom. The van der Waals surface area contributed by atoms with Crippen LogP contribution in [0.4, 0.5) is 4.79 Å². The molecule has 1 atom stereocenters. The van der Waals surface area contributed by atoms with Gasteiger partial charge in [-0.3, -0.25) is 0 Å². The number of amides is 2. The number of carbonyl (C=O) groups excluding carboxylic acids is 1. The lowest BCUT2D eigenvalue weighted by molar-refractivity contribution is -0.155. The van der Waals surface area contributed by atoms with Crippen LogP contribution in [0.5, 0.6) is 0 Å². The molecule has 0 spiro atoms. The van der Waals surface area contributed by atoms with E-state index >= 15 is 0 Å². The van der Waals surface area contributed by atoms with E-state index in [-0.39, 0.29) is 6.54 Å². The number of urea groups is 1. The lowest BCUT2D eigenvalue weighted by atomic mass is 10.1. The molecule has 0 radical (unpaired) electrons. The molecule has 112 valence electrons. The van der Waals surface area contributed by atoms with Gasteiger partial charge in [0.25, 0.3) is 0 Å². The van der Waals surface area contributed by atoms with Crippen LogP contribution in [0, 0.1) is 0 Å². The van der Waals surface area contributed by atoms with Gasteiger partial charge in [-0.05, 0) is 21.0 Å². The van der Waals surface area contributed by atoms with Crippen molar-refractivity contribution in [1.82, 2.24) is 15.5 Å². The molecule has 0 saturated carbocycles. The third-order valence-electron chi connectivity index (χ3n) is 2.27. The average molecular weight is 277 g/mol. The number of rotatable bonds is 9. The summed E-state index contributed by atoms with van der Waals surface area (Å²) in [6, 6.07) is -0.544. The van der Waals surface area contributed by atoms with Gasteiger partial charge in [0.1, 0.15) is 0 Å². The van der Waals surface area contributed by atoms with Crippen molar-refractivity contribution in [3.8, 4) is 0 Å². The highest BCUT2D eigenvalue weighted by Gasteiger charge is 2.30. The number of carboxylic acid groups (broad SMARTS) is 1. The minimum Gasteiger partial charge on any atom is -0.479 e. The fraction of sp³-hybridized carbons (Fsp3) is 0.818. The summed E-state index contributed by atoms with van der Waals surface area (Å²) in [6.07, 6.45) is 0. The van der Waals surface area contributed by atoms with E-state index < -0.39 is 17.6 Å². The van der Waals surface area contributed by atoms with Crippen LogP contribution in [0.15, 0.2) is 0 Å². The first-order chi connectivity index (χ1) is 8.75. The van der Waals surface area contributed by atoms with Gasteiger partial charge in [0.05, 0.1) is 19.8 Å². The van der Waals surface area contributed by atoms with Gasteiger partial charge in [0.2, 0.25) is 0 Å². The Labute approximate surface area is 112 Å². The van der Waals surface area contributed by atoms with E-state index in [9.17, 15) is 14.7 Å². The Kier molecular flexibility index (Phi) is 8.05. The van der Waals surface area contributed by atoms with Gasteiger partial charge in [-0.2, -0.15) is 0 Å². The van der Waals surface area contributed by atoms with E-state index in [0.717, 1.165) is 13.5 Å². The quantitative estimate of drug-likeness (QED) is 0.390. The number of hydrogen-bond donors (Lipinski definition) is 4. The second kappa shape index (κ2) is 8.68. The number of nitrogens with one attached hydrogen (secondary N) is 2. The maximum atomic E-state index is 11.3. The number of aliphatic carboxylic acids is 1. The molecule has 0 aliphatic rings. The van der Waals surface area contributed by atoms with Crippen LogP contribution in [0.3, 0.4) is 0 Å². The van der Waals surface area contributed by atoms with Crippen molar-refractivity contribution >= 4 is 12.0 Å². The number of carboxylic acids is 1. The van der Waals surface area contributed by atoms with Gasteiger partial charge in [0.15, 0.2) is 5.60 Å². The minimum atomic E-state index is -1.97. The summed E-state index contributed by atoms with van der Waals surface area (Å²) in [4.78, 5) is 23.8. The van der Waals surface area contributed by atoms with E-state index in [1.54, 1.807) is 0 Å². The molecular weight excluding hydrogens is 254 g/mol. The zero-order chi connectivity index (χ0) is 14.9. The second-order valence-electron chi connectivity index (χ2n) is 4.60. The van der Waals surface area contributed by atoms with Crippen LogP contribution < -0.4 is 10.6 Å². The molecule has 0 aromatic heterocycles. The van der Waals surface area contributed by atoms with Gasteiger partial charge in [0, 0.05) is 13.1 Å². The maximum Gasteiger partial charge on any atom is 0.337 e.